The Morgan fingerprint density at radius 2 is 1.97 bits per heavy atom. The maximum absolute atomic E-state index is 13.1. The molecule has 154 valence electrons. The number of hydrogen-bond donors (Lipinski definition) is 1. The Kier molecular flexibility index (Phi) is 6.16. The van der Waals surface area contributed by atoms with Crippen LogP contribution in [0, 0.1) is 0 Å². The van der Waals surface area contributed by atoms with Crippen LogP contribution in [0.3, 0.4) is 0 Å². The third kappa shape index (κ3) is 4.71. The molecular formula is C17H13Cl2F3N4O2S. The van der Waals surface area contributed by atoms with Crippen LogP contribution in [0.2, 0.25) is 10.0 Å². The number of amides is 1. The van der Waals surface area contributed by atoms with Gasteiger partial charge in [0.1, 0.15) is 5.75 Å². The van der Waals surface area contributed by atoms with E-state index in [9.17, 15) is 18.0 Å². The first-order valence-corrected chi connectivity index (χ1v) is 9.66. The molecule has 29 heavy (non-hydrogen) atoms. The number of hydrogen-bond acceptors (Lipinski definition) is 5. The van der Waals surface area contributed by atoms with Crippen molar-refractivity contribution in [2.75, 3.05) is 12.4 Å². The summed E-state index contributed by atoms with van der Waals surface area (Å²) in [4.78, 5) is 12.5. The van der Waals surface area contributed by atoms with Crippen molar-refractivity contribution in [3.05, 3.63) is 46.1 Å². The molecule has 0 fully saturated rings. The predicted octanol–water partition coefficient (Wildman–Crippen LogP) is 5.18. The number of ether oxygens (including phenoxy) is 1. The summed E-state index contributed by atoms with van der Waals surface area (Å²) in [6, 6.07) is 5.52. The van der Waals surface area contributed by atoms with E-state index in [1.165, 1.54) is 13.2 Å². The van der Waals surface area contributed by atoms with E-state index in [2.05, 4.69) is 15.5 Å². The average Bonchev–Trinajstić information content (AvgIpc) is 3.04. The lowest BCUT2D eigenvalue weighted by atomic mass is 10.3. The Labute approximate surface area is 177 Å². The van der Waals surface area contributed by atoms with Crippen LogP contribution in [0.1, 0.15) is 12.5 Å². The largest absolute Gasteiger partial charge is 0.495 e. The average molecular weight is 465 g/mol. The van der Waals surface area contributed by atoms with Crippen LogP contribution in [0.25, 0.3) is 5.65 Å². The van der Waals surface area contributed by atoms with Gasteiger partial charge in [-0.15, -0.1) is 10.2 Å². The fourth-order valence-electron chi connectivity index (χ4n) is 2.37. The zero-order chi connectivity index (χ0) is 21.3. The van der Waals surface area contributed by atoms with Crippen molar-refractivity contribution in [1.29, 1.82) is 0 Å². The van der Waals surface area contributed by atoms with Crippen molar-refractivity contribution in [1.82, 2.24) is 14.6 Å². The minimum atomic E-state index is -4.58. The van der Waals surface area contributed by atoms with Gasteiger partial charge in [0.05, 0.1) is 28.0 Å². The van der Waals surface area contributed by atoms with Gasteiger partial charge in [0, 0.05) is 11.9 Å². The summed E-state index contributed by atoms with van der Waals surface area (Å²) in [5.74, 6) is 0.0606. The van der Waals surface area contributed by atoms with Crippen molar-refractivity contribution in [2.45, 2.75) is 23.5 Å². The van der Waals surface area contributed by atoms with E-state index in [0.717, 1.165) is 28.4 Å². The normalized spacial score (nSPS) is 12.8. The predicted molar refractivity (Wildman–Crippen MR) is 105 cm³/mol. The third-order valence-corrected chi connectivity index (χ3v) is 5.46. The molecule has 3 aromatic rings. The van der Waals surface area contributed by atoms with Crippen LogP contribution in [0.4, 0.5) is 18.9 Å². The highest BCUT2D eigenvalue weighted by atomic mass is 35.5. The molecule has 1 amide bonds. The van der Waals surface area contributed by atoms with Gasteiger partial charge in [-0.25, -0.2) is 0 Å². The van der Waals surface area contributed by atoms with Crippen LogP contribution in [0.5, 0.6) is 5.75 Å². The van der Waals surface area contributed by atoms with Crippen molar-refractivity contribution in [3.8, 4) is 5.75 Å². The number of rotatable bonds is 5. The zero-order valence-electron chi connectivity index (χ0n) is 14.9. The van der Waals surface area contributed by atoms with Gasteiger partial charge in [-0.2, -0.15) is 13.2 Å². The van der Waals surface area contributed by atoms with Crippen LogP contribution in [-0.2, 0) is 11.0 Å². The fourth-order valence-corrected chi connectivity index (χ4v) is 3.70. The van der Waals surface area contributed by atoms with E-state index in [0.29, 0.717) is 16.5 Å². The number of anilines is 1. The van der Waals surface area contributed by atoms with E-state index < -0.39 is 22.9 Å². The molecule has 1 unspecified atom stereocenters. The SMILES string of the molecule is COc1ccc(NC(=O)C(C)Sc2nnc3c(Cl)cc(C(F)(F)F)cn23)cc1Cl. The Hall–Kier alpha value is -2.17. The Morgan fingerprint density at radius 3 is 2.59 bits per heavy atom. The van der Waals surface area contributed by atoms with Gasteiger partial charge in [0.2, 0.25) is 5.91 Å². The number of methoxy groups -OCH3 is 1. The molecule has 0 radical (unpaired) electrons. The lowest BCUT2D eigenvalue weighted by Gasteiger charge is -2.13. The van der Waals surface area contributed by atoms with Gasteiger partial charge >= 0.3 is 6.18 Å². The summed E-state index contributed by atoms with van der Waals surface area (Å²) in [6.07, 6.45) is -3.74. The Balaban J connectivity index is 1.80. The van der Waals surface area contributed by atoms with Gasteiger partial charge < -0.3 is 10.1 Å². The van der Waals surface area contributed by atoms with Crippen LogP contribution in [0.15, 0.2) is 35.6 Å². The topological polar surface area (TPSA) is 68.5 Å². The molecule has 0 bridgehead atoms. The van der Waals surface area contributed by atoms with E-state index >= 15 is 0 Å². The van der Waals surface area contributed by atoms with Crippen LogP contribution < -0.4 is 10.1 Å². The first-order valence-electron chi connectivity index (χ1n) is 8.02. The van der Waals surface area contributed by atoms with Crippen molar-refractivity contribution in [3.63, 3.8) is 0 Å². The second-order valence-corrected chi connectivity index (χ2v) is 7.97. The van der Waals surface area contributed by atoms with E-state index in [4.69, 9.17) is 27.9 Å². The molecule has 1 atom stereocenters. The molecule has 2 heterocycles. The Morgan fingerprint density at radius 1 is 1.24 bits per heavy atom. The first-order chi connectivity index (χ1) is 13.6. The molecule has 0 aliphatic rings. The summed E-state index contributed by atoms with van der Waals surface area (Å²) in [5.41, 5.74) is -0.430. The van der Waals surface area contributed by atoms with Crippen LogP contribution >= 0.6 is 35.0 Å². The molecular weight excluding hydrogens is 452 g/mol. The van der Waals surface area contributed by atoms with Gasteiger partial charge in [-0.05, 0) is 31.2 Å². The summed E-state index contributed by atoms with van der Waals surface area (Å²) in [6.45, 7) is 1.58. The quantitative estimate of drug-likeness (QED) is 0.526. The summed E-state index contributed by atoms with van der Waals surface area (Å²) in [5, 5.41) is 9.86. The molecule has 1 N–H and O–H groups in total. The van der Waals surface area contributed by atoms with Crippen molar-refractivity contribution in [2.24, 2.45) is 0 Å². The molecule has 0 aliphatic carbocycles. The zero-order valence-corrected chi connectivity index (χ0v) is 17.2. The molecule has 0 saturated heterocycles. The fraction of sp³-hybridized carbons (Fsp3) is 0.235. The smallest absolute Gasteiger partial charge is 0.417 e. The number of nitrogens with zero attached hydrogens (tertiary/aromatic N) is 3. The van der Waals surface area contributed by atoms with Gasteiger partial charge in [0.15, 0.2) is 10.8 Å². The number of thioether (sulfide) groups is 1. The highest BCUT2D eigenvalue weighted by Crippen LogP contribution is 2.34. The van der Waals surface area contributed by atoms with Gasteiger partial charge in [0.25, 0.3) is 0 Å². The summed E-state index contributed by atoms with van der Waals surface area (Å²) in [7, 11) is 1.47. The number of halogens is 5. The molecule has 3 rings (SSSR count). The molecule has 0 saturated carbocycles. The lowest BCUT2D eigenvalue weighted by Crippen LogP contribution is -2.22. The number of nitrogens with one attached hydrogen (secondary N) is 1. The second-order valence-electron chi connectivity index (χ2n) is 5.85. The highest BCUT2D eigenvalue weighted by Gasteiger charge is 2.32. The molecule has 2 aromatic heterocycles. The number of carbonyl (C=O) groups excluding carboxylic acids is 1. The third-order valence-electron chi connectivity index (χ3n) is 3.83. The minimum Gasteiger partial charge on any atom is -0.495 e. The molecule has 0 aliphatic heterocycles. The second kappa shape index (κ2) is 8.29. The standard InChI is InChI=1S/C17H13Cl2F3N4O2S/c1-8(15(27)23-10-3-4-13(28-2)11(18)6-10)29-16-25-24-14-12(19)5-9(7-26(14)16)17(20,21)22/h3-8H,1-2H3,(H,23,27). The number of aromatic nitrogens is 3. The van der Waals surface area contributed by atoms with Gasteiger partial charge in [-0.1, -0.05) is 35.0 Å². The van der Waals surface area contributed by atoms with Crippen molar-refractivity contribution < 1.29 is 22.7 Å². The maximum Gasteiger partial charge on any atom is 0.417 e. The lowest BCUT2D eigenvalue weighted by molar-refractivity contribution is -0.137. The summed E-state index contributed by atoms with van der Waals surface area (Å²) >= 11 is 12.9. The number of pyridine rings is 1. The number of alkyl halides is 3. The molecule has 6 nitrogen and oxygen atoms in total. The monoisotopic (exact) mass is 464 g/mol. The number of carbonyl (C=O) groups is 1. The van der Waals surface area contributed by atoms with E-state index in [1.807, 2.05) is 0 Å². The summed E-state index contributed by atoms with van der Waals surface area (Å²) < 4.78 is 45.3. The Bertz CT molecular complexity index is 1070. The molecule has 12 heteroatoms. The van der Waals surface area contributed by atoms with Gasteiger partial charge in [-0.3, -0.25) is 9.20 Å². The minimum absolute atomic E-state index is 0.0664. The highest BCUT2D eigenvalue weighted by molar-refractivity contribution is 8.00. The number of benzene rings is 1. The van der Waals surface area contributed by atoms with Crippen molar-refractivity contribution >= 4 is 52.2 Å². The number of fused-ring (bicyclic) bond motifs is 1. The van der Waals surface area contributed by atoms with E-state index in [1.54, 1.807) is 19.1 Å². The molecule has 1 aromatic carbocycles. The molecule has 0 spiro atoms. The van der Waals surface area contributed by atoms with Crippen LogP contribution in [-0.4, -0.2) is 32.9 Å². The first kappa shape index (κ1) is 21.5. The maximum atomic E-state index is 13.1. The van der Waals surface area contributed by atoms with E-state index in [-0.39, 0.29) is 15.8 Å².